The second kappa shape index (κ2) is 13.1. The highest BCUT2D eigenvalue weighted by Crippen LogP contribution is 2.30. The van der Waals surface area contributed by atoms with E-state index in [1.165, 1.54) is 6.21 Å². The van der Waals surface area contributed by atoms with Crippen molar-refractivity contribution in [2.45, 2.75) is 19.6 Å². The molecule has 0 saturated carbocycles. The molecule has 0 aliphatic heterocycles. The molecule has 0 unspecified atom stereocenters. The average molecular weight is 515 g/mol. The van der Waals surface area contributed by atoms with E-state index in [1.54, 1.807) is 25.3 Å². The van der Waals surface area contributed by atoms with E-state index >= 15 is 0 Å². The predicted molar refractivity (Wildman–Crippen MR) is 145 cm³/mol. The number of ether oxygens (including phenoxy) is 3. The maximum atomic E-state index is 12.2. The molecule has 0 aliphatic carbocycles. The van der Waals surface area contributed by atoms with Crippen LogP contribution in [0, 0.1) is 0 Å². The lowest BCUT2D eigenvalue weighted by Crippen LogP contribution is -2.19. The highest BCUT2D eigenvalue weighted by Gasteiger charge is 2.09. The summed E-state index contributed by atoms with van der Waals surface area (Å²) in [5.41, 5.74) is 6.07. The number of carbonyl (C=O) groups is 1. The number of hydrazone groups is 1. The number of rotatable bonds is 11. The van der Waals surface area contributed by atoms with Gasteiger partial charge in [0, 0.05) is 10.6 Å². The largest absolute Gasteiger partial charge is 0.493 e. The number of nitrogens with zero attached hydrogens (tertiary/aromatic N) is 1. The average Bonchev–Trinajstić information content (AvgIpc) is 2.92. The Bertz CT molecular complexity index is 1340. The maximum absolute atomic E-state index is 12.2. The summed E-state index contributed by atoms with van der Waals surface area (Å²) in [6.45, 7) is 0.737. The van der Waals surface area contributed by atoms with Crippen molar-refractivity contribution in [2.75, 3.05) is 7.11 Å². The highest BCUT2D eigenvalue weighted by molar-refractivity contribution is 6.30. The molecule has 0 aromatic heterocycles. The Hall–Kier alpha value is -4.29. The van der Waals surface area contributed by atoms with Gasteiger partial charge in [0.25, 0.3) is 0 Å². The summed E-state index contributed by atoms with van der Waals surface area (Å²) >= 11 is 6.18. The van der Waals surface area contributed by atoms with Crippen molar-refractivity contribution >= 4 is 23.7 Å². The van der Waals surface area contributed by atoms with Gasteiger partial charge in [-0.15, -0.1) is 0 Å². The van der Waals surface area contributed by atoms with Crippen LogP contribution in [0.2, 0.25) is 5.02 Å². The van der Waals surface area contributed by atoms with E-state index < -0.39 is 0 Å². The van der Waals surface area contributed by atoms with Crippen LogP contribution < -0.4 is 19.6 Å². The Morgan fingerprint density at radius 1 is 0.784 bits per heavy atom. The molecule has 7 heteroatoms. The summed E-state index contributed by atoms with van der Waals surface area (Å²) in [5.74, 6) is 1.64. The Morgan fingerprint density at radius 3 is 2.16 bits per heavy atom. The molecule has 37 heavy (non-hydrogen) atoms. The standard InChI is InChI=1S/C30H27ClN2O4/c1-35-29-16-24(12-14-28(29)37-20-23-10-6-3-7-11-23)21-36-27-15-13-26(31)18-25(27)19-32-33-30(34)17-22-8-4-2-5-9-22/h2-16,18-19H,17,20-21H2,1H3,(H,33,34)/b32-19+. The number of methoxy groups -OCH3 is 1. The van der Waals surface area contributed by atoms with Gasteiger partial charge in [0.2, 0.25) is 5.91 Å². The Labute approximate surface area is 221 Å². The summed E-state index contributed by atoms with van der Waals surface area (Å²) in [7, 11) is 1.61. The molecule has 1 amide bonds. The third kappa shape index (κ3) is 7.85. The monoisotopic (exact) mass is 514 g/mol. The van der Waals surface area contributed by atoms with Gasteiger partial charge in [0.1, 0.15) is 19.0 Å². The number of carbonyl (C=O) groups excluding carboxylic acids is 1. The van der Waals surface area contributed by atoms with Crippen LogP contribution in [0.25, 0.3) is 0 Å². The summed E-state index contributed by atoms with van der Waals surface area (Å²) in [4.78, 5) is 12.2. The van der Waals surface area contributed by atoms with Crippen molar-refractivity contribution in [2.24, 2.45) is 5.10 Å². The molecular formula is C30H27ClN2O4. The molecule has 4 aromatic rings. The molecule has 1 N–H and O–H groups in total. The smallest absolute Gasteiger partial charge is 0.244 e. The molecule has 0 aliphatic rings. The zero-order valence-corrected chi connectivity index (χ0v) is 21.2. The predicted octanol–water partition coefficient (Wildman–Crippen LogP) is 6.20. The molecule has 0 heterocycles. The zero-order valence-electron chi connectivity index (χ0n) is 20.4. The molecule has 0 saturated heterocycles. The van der Waals surface area contributed by atoms with E-state index in [2.05, 4.69) is 10.5 Å². The van der Waals surface area contributed by atoms with Crippen LogP contribution in [-0.4, -0.2) is 19.2 Å². The minimum Gasteiger partial charge on any atom is -0.493 e. The fraction of sp³-hybridized carbons (Fsp3) is 0.133. The first-order valence-electron chi connectivity index (χ1n) is 11.7. The quantitative estimate of drug-likeness (QED) is 0.191. The number of nitrogens with one attached hydrogen (secondary N) is 1. The first-order chi connectivity index (χ1) is 18.1. The van der Waals surface area contributed by atoms with Crippen molar-refractivity contribution < 1.29 is 19.0 Å². The molecule has 0 bridgehead atoms. The van der Waals surface area contributed by atoms with E-state index in [0.717, 1.165) is 16.7 Å². The molecule has 6 nitrogen and oxygen atoms in total. The second-order valence-electron chi connectivity index (χ2n) is 8.19. The van der Waals surface area contributed by atoms with E-state index in [1.807, 2.05) is 78.9 Å². The minimum absolute atomic E-state index is 0.214. The van der Waals surface area contributed by atoms with Gasteiger partial charge in [-0.2, -0.15) is 5.10 Å². The van der Waals surface area contributed by atoms with Crippen LogP contribution >= 0.6 is 11.6 Å². The first-order valence-corrected chi connectivity index (χ1v) is 12.1. The van der Waals surface area contributed by atoms with Crippen molar-refractivity contribution in [3.8, 4) is 17.2 Å². The van der Waals surface area contributed by atoms with E-state index in [9.17, 15) is 4.79 Å². The van der Waals surface area contributed by atoms with Gasteiger partial charge in [-0.25, -0.2) is 5.43 Å². The van der Waals surface area contributed by atoms with Crippen LogP contribution in [-0.2, 0) is 24.4 Å². The van der Waals surface area contributed by atoms with Gasteiger partial charge < -0.3 is 14.2 Å². The SMILES string of the molecule is COc1cc(COc2ccc(Cl)cc2/C=N/NC(=O)Cc2ccccc2)ccc1OCc1ccccc1. The third-order valence-corrected chi connectivity index (χ3v) is 5.67. The molecule has 0 fully saturated rings. The zero-order chi connectivity index (χ0) is 25.9. The highest BCUT2D eigenvalue weighted by atomic mass is 35.5. The van der Waals surface area contributed by atoms with Gasteiger partial charge in [0.15, 0.2) is 11.5 Å². The van der Waals surface area contributed by atoms with E-state index in [-0.39, 0.29) is 18.9 Å². The molecule has 0 spiro atoms. The fourth-order valence-electron chi connectivity index (χ4n) is 3.56. The van der Waals surface area contributed by atoms with Crippen LogP contribution in [0.4, 0.5) is 0 Å². The van der Waals surface area contributed by atoms with Gasteiger partial charge in [-0.05, 0) is 47.0 Å². The fourth-order valence-corrected chi connectivity index (χ4v) is 3.74. The van der Waals surface area contributed by atoms with Crippen LogP contribution in [0.1, 0.15) is 22.3 Å². The van der Waals surface area contributed by atoms with Crippen molar-refractivity contribution in [3.05, 3.63) is 124 Å². The molecule has 0 radical (unpaired) electrons. The number of hydrogen-bond donors (Lipinski definition) is 1. The van der Waals surface area contributed by atoms with Crippen LogP contribution in [0.5, 0.6) is 17.2 Å². The van der Waals surface area contributed by atoms with Crippen LogP contribution in [0.15, 0.2) is 102 Å². The first kappa shape index (κ1) is 25.8. The van der Waals surface area contributed by atoms with Crippen LogP contribution in [0.3, 0.4) is 0 Å². The molecule has 188 valence electrons. The minimum atomic E-state index is -0.214. The lowest BCUT2D eigenvalue weighted by Gasteiger charge is -2.14. The maximum Gasteiger partial charge on any atom is 0.244 e. The topological polar surface area (TPSA) is 69.2 Å². The lowest BCUT2D eigenvalue weighted by molar-refractivity contribution is -0.120. The Morgan fingerprint density at radius 2 is 1.43 bits per heavy atom. The van der Waals surface area contributed by atoms with E-state index in [0.29, 0.717) is 34.4 Å². The summed E-state index contributed by atoms with van der Waals surface area (Å²) in [5, 5.41) is 4.61. The van der Waals surface area contributed by atoms with Gasteiger partial charge in [0.05, 0.1) is 19.7 Å². The summed E-state index contributed by atoms with van der Waals surface area (Å²) in [6, 6.07) is 30.3. The molecule has 0 atom stereocenters. The number of halogens is 1. The molecule has 4 aromatic carbocycles. The molecular weight excluding hydrogens is 488 g/mol. The Kier molecular flexibility index (Phi) is 9.16. The Balaban J connectivity index is 1.37. The summed E-state index contributed by atoms with van der Waals surface area (Å²) in [6.07, 6.45) is 1.76. The van der Waals surface area contributed by atoms with Gasteiger partial charge >= 0.3 is 0 Å². The second-order valence-corrected chi connectivity index (χ2v) is 8.62. The van der Waals surface area contributed by atoms with Gasteiger partial charge in [-0.1, -0.05) is 78.3 Å². The summed E-state index contributed by atoms with van der Waals surface area (Å²) < 4.78 is 17.5. The normalized spacial score (nSPS) is 10.8. The number of hydrogen-bond acceptors (Lipinski definition) is 5. The van der Waals surface area contributed by atoms with E-state index in [4.69, 9.17) is 25.8 Å². The van der Waals surface area contributed by atoms with Crippen molar-refractivity contribution in [3.63, 3.8) is 0 Å². The third-order valence-electron chi connectivity index (χ3n) is 5.43. The van der Waals surface area contributed by atoms with Crippen molar-refractivity contribution in [1.29, 1.82) is 0 Å². The lowest BCUT2D eigenvalue weighted by atomic mass is 10.1. The number of benzene rings is 4. The molecule has 4 rings (SSSR count). The van der Waals surface area contributed by atoms with Crippen molar-refractivity contribution in [1.82, 2.24) is 5.43 Å². The van der Waals surface area contributed by atoms with Gasteiger partial charge in [-0.3, -0.25) is 4.79 Å². The number of amides is 1.